The fourth-order valence-corrected chi connectivity index (χ4v) is 18.9. The Labute approximate surface area is 624 Å². The number of furan rings is 1. The second kappa shape index (κ2) is 23.7. The number of benzene rings is 15. The van der Waals surface area contributed by atoms with Crippen LogP contribution in [0.25, 0.3) is 219 Å². The molecule has 23 rings (SSSR count). The number of nitrogens with zero attached hydrogens (tertiary/aromatic N) is 8. The van der Waals surface area contributed by atoms with Crippen molar-refractivity contribution in [3.8, 4) is 125 Å². The Morgan fingerprint density at radius 1 is 0.250 bits per heavy atom. The van der Waals surface area contributed by atoms with Crippen LogP contribution in [0, 0.1) is 0 Å². The monoisotopic (exact) mass is 1410 g/mol. The maximum Gasteiger partial charge on any atom is 0.167 e. The Morgan fingerprint density at radius 3 is 1.51 bits per heavy atom. The maximum absolute atomic E-state index is 7.33. The summed E-state index contributed by atoms with van der Waals surface area (Å²) in [7, 11) is 0. The number of para-hydroxylation sites is 6. The minimum atomic E-state index is 0.499. The number of hydrogen-bond donors (Lipinski definition) is 0. The van der Waals surface area contributed by atoms with Gasteiger partial charge in [0.15, 0.2) is 46.4 Å². The Kier molecular flexibility index (Phi) is 13.3. The molecule has 1 aliphatic rings. The van der Waals surface area contributed by atoms with Crippen molar-refractivity contribution < 1.29 is 9.15 Å². The van der Waals surface area contributed by atoms with Crippen LogP contribution in [0.2, 0.25) is 0 Å². The smallest absolute Gasteiger partial charge is 0.167 e. The quantitative estimate of drug-likeness (QED) is 0.133. The van der Waals surface area contributed by atoms with Crippen LogP contribution in [0.15, 0.2) is 332 Å². The number of ether oxygens (including phenoxy) is 1. The van der Waals surface area contributed by atoms with E-state index in [0.717, 1.165) is 144 Å². The molecule has 502 valence electrons. The number of fused-ring (bicyclic) bond motifs is 17. The molecule has 0 bridgehead atoms. The number of hydrogen-bond acceptors (Lipinski definition) is 10. The molecule has 12 heteroatoms. The Morgan fingerprint density at radius 2 is 0.759 bits per heavy atom. The average Bonchev–Trinajstić information content (AvgIpc) is 1.68. The third kappa shape index (κ3) is 9.44. The SMILES string of the molecule is c1ccc(-c2nc(-c3cccc(-c4cccc(-c5nc(-c6ccccc6)nc(-c6cccc7c6sc6cc(-c8ccc9c(c8)c8cccc%10c8n9-c8ccccc8O%10)ccc67)n5)c4)c3)nc(-c3cccc4c3oc3c(-c5cccc6c5c5cc7c(cc5n6-c5ccccc5)sc5ccccc57)cccc34)n2)cc1. The van der Waals surface area contributed by atoms with Gasteiger partial charge in [0.2, 0.25) is 0 Å². The van der Waals surface area contributed by atoms with Crippen molar-refractivity contribution in [2.45, 2.75) is 0 Å². The first-order valence-electron chi connectivity index (χ1n) is 36.0. The van der Waals surface area contributed by atoms with Gasteiger partial charge in [-0.3, -0.25) is 0 Å². The van der Waals surface area contributed by atoms with Gasteiger partial charge < -0.3 is 18.3 Å². The van der Waals surface area contributed by atoms with Crippen molar-refractivity contribution in [2.75, 3.05) is 0 Å². The summed E-state index contributed by atoms with van der Waals surface area (Å²) >= 11 is 3.61. The second-order valence-corrected chi connectivity index (χ2v) is 29.7. The normalized spacial score (nSPS) is 12.1. The van der Waals surface area contributed by atoms with E-state index in [-0.39, 0.29) is 0 Å². The fraction of sp³-hybridized carbons (Fsp3) is 0. The summed E-state index contributed by atoms with van der Waals surface area (Å²) in [5.41, 5.74) is 19.6. The van der Waals surface area contributed by atoms with Gasteiger partial charge >= 0.3 is 0 Å². The van der Waals surface area contributed by atoms with Gasteiger partial charge in [0.05, 0.1) is 33.3 Å². The highest BCUT2D eigenvalue weighted by Gasteiger charge is 2.27. The molecule has 0 atom stereocenters. The topological polar surface area (TPSA) is 110 Å². The zero-order valence-electron chi connectivity index (χ0n) is 57.4. The minimum Gasteiger partial charge on any atom is -0.455 e. The van der Waals surface area contributed by atoms with E-state index >= 15 is 0 Å². The van der Waals surface area contributed by atoms with Crippen LogP contribution in [-0.4, -0.2) is 39.0 Å². The molecule has 0 saturated carbocycles. The third-order valence-corrected chi connectivity index (χ3v) is 23.8. The van der Waals surface area contributed by atoms with Crippen LogP contribution < -0.4 is 4.74 Å². The molecule has 10 nitrogen and oxygen atoms in total. The number of rotatable bonds is 10. The van der Waals surface area contributed by atoms with Gasteiger partial charge in [0.1, 0.15) is 11.2 Å². The minimum absolute atomic E-state index is 0.499. The lowest BCUT2D eigenvalue weighted by Gasteiger charge is -2.20. The van der Waals surface area contributed by atoms with E-state index in [4.69, 9.17) is 39.1 Å². The molecule has 8 heterocycles. The molecule has 22 aromatic rings. The molecular formula is C96H54N8O2S2. The van der Waals surface area contributed by atoms with Crippen LogP contribution in [0.1, 0.15) is 0 Å². The van der Waals surface area contributed by atoms with Crippen molar-refractivity contribution in [1.82, 2.24) is 39.0 Å². The standard InChI is InChI=1S/C96H54N8O2S2/c1-4-21-55(22-5-1)91-97-93(101-95(99-91)72-38-17-36-70-69-35-16-34-68(88(69)106-89(70)72)66-32-19-41-79-86(66)76-53-75-64-31-10-13-44-83(64)107-85(75)54-80(76)103(79)63-29-8-3-9-30-63)61-27-14-25-57(49-61)58-26-15-28-62(50-58)94-98-92(56-23-6-2-7-24-56)100-96(102-94)73-39-18-37-71-65-47-45-60(52-84(65)108-90(71)73)59-46-48-77-74(51-59)67-33-20-43-82-87(67)104(77)78-40-11-12-42-81(78)105-82/h1-54H. The van der Waals surface area contributed by atoms with Crippen LogP contribution in [-0.2, 0) is 0 Å². The third-order valence-electron chi connectivity index (χ3n) is 21.4. The number of thiophene rings is 2. The lowest BCUT2D eigenvalue weighted by molar-refractivity contribution is 0.476. The molecule has 0 fully saturated rings. The molecule has 0 radical (unpaired) electrons. The van der Waals surface area contributed by atoms with Crippen LogP contribution in [0.3, 0.4) is 0 Å². The van der Waals surface area contributed by atoms with E-state index in [1.807, 2.05) is 72.0 Å². The van der Waals surface area contributed by atoms with E-state index in [9.17, 15) is 0 Å². The van der Waals surface area contributed by atoms with Crippen molar-refractivity contribution in [3.63, 3.8) is 0 Å². The summed E-state index contributed by atoms with van der Waals surface area (Å²) in [5.74, 6) is 5.05. The van der Waals surface area contributed by atoms with E-state index in [1.165, 1.54) is 46.4 Å². The van der Waals surface area contributed by atoms with Crippen LogP contribution in [0.5, 0.6) is 11.5 Å². The molecular weight excluding hydrogens is 1360 g/mol. The van der Waals surface area contributed by atoms with Crippen LogP contribution >= 0.6 is 22.7 Å². The number of aromatic nitrogens is 8. The summed E-state index contributed by atoms with van der Waals surface area (Å²) in [6.07, 6.45) is 0. The Bertz CT molecular complexity index is 7540. The molecule has 0 amide bonds. The summed E-state index contributed by atoms with van der Waals surface area (Å²) in [6, 6.07) is 116. The first-order chi connectivity index (χ1) is 53.5. The molecule has 15 aromatic carbocycles. The predicted octanol–water partition coefficient (Wildman–Crippen LogP) is 26.0. The molecule has 0 unspecified atom stereocenters. The van der Waals surface area contributed by atoms with Gasteiger partial charge in [-0.2, -0.15) is 0 Å². The van der Waals surface area contributed by atoms with E-state index in [2.05, 4.69) is 276 Å². The molecule has 7 aromatic heterocycles. The molecule has 0 saturated heterocycles. The van der Waals surface area contributed by atoms with Gasteiger partial charge in [-0.25, -0.2) is 29.9 Å². The first-order valence-corrected chi connectivity index (χ1v) is 37.7. The summed E-state index contributed by atoms with van der Waals surface area (Å²) in [4.78, 5) is 31.9. The van der Waals surface area contributed by atoms with Gasteiger partial charge in [-0.1, -0.05) is 231 Å². The zero-order chi connectivity index (χ0) is 70.7. The highest BCUT2D eigenvalue weighted by Crippen LogP contribution is 2.50. The largest absolute Gasteiger partial charge is 0.455 e. The first kappa shape index (κ1) is 60.4. The van der Waals surface area contributed by atoms with Crippen molar-refractivity contribution in [3.05, 3.63) is 328 Å². The summed E-state index contributed by atoms with van der Waals surface area (Å²) in [5, 5.41) is 11.5. The zero-order valence-corrected chi connectivity index (χ0v) is 59.0. The van der Waals surface area contributed by atoms with Crippen molar-refractivity contribution in [2.24, 2.45) is 0 Å². The summed E-state index contributed by atoms with van der Waals surface area (Å²) in [6.45, 7) is 0. The van der Waals surface area contributed by atoms with Gasteiger partial charge in [0.25, 0.3) is 0 Å². The molecule has 0 N–H and O–H groups in total. The van der Waals surface area contributed by atoms with Crippen LogP contribution in [0.4, 0.5) is 0 Å². The summed E-state index contributed by atoms with van der Waals surface area (Å²) < 4.78 is 23.4. The highest BCUT2D eigenvalue weighted by molar-refractivity contribution is 7.26. The van der Waals surface area contributed by atoms with E-state index in [1.54, 1.807) is 11.3 Å². The second-order valence-electron chi connectivity index (χ2n) is 27.6. The Balaban J connectivity index is 0.615. The van der Waals surface area contributed by atoms with Gasteiger partial charge in [-0.05, 0) is 125 Å². The molecule has 1 aliphatic heterocycles. The Hall–Kier alpha value is -14.0. The fourth-order valence-electron chi connectivity index (χ4n) is 16.5. The lowest BCUT2D eigenvalue weighted by Crippen LogP contribution is -2.03. The highest BCUT2D eigenvalue weighted by atomic mass is 32.1. The van der Waals surface area contributed by atoms with E-state index < -0.39 is 0 Å². The maximum atomic E-state index is 7.33. The molecule has 0 spiro atoms. The van der Waals surface area contributed by atoms with E-state index in [0.29, 0.717) is 40.5 Å². The lowest BCUT2D eigenvalue weighted by atomic mass is 9.97. The van der Waals surface area contributed by atoms with Gasteiger partial charge in [0, 0.05) is 112 Å². The average molecular weight is 1420 g/mol. The van der Waals surface area contributed by atoms with Gasteiger partial charge in [-0.15, -0.1) is 22.7 Å². The van der Waals surface area contributed by atoms with Crippen molar-refractivity contribution >= 4 is 129 Å². The molecule has 108 heavy (non-hydrogen) atoms. The molecule has 0 aliphatic carbocycles. The predicted molar refractivity (Wildman–Crippen MR) is 444 cm³/mol. The van der Waals surface area contributed by atoms with Crippen molar-refractivity contribution in [1.29, 1.82) is 0 Å².